The van der Waals surface area contributed by atoms with E-state index >= 15 is 0 Å². The normalized spacial score (nSPS) is 11.2. The van der Waals surface area contributed by atoms with Crippen LogP contribution < -0.4 is 10.6 Å². The molecule has 0 aliphatic rings. The first-order valence-electron chi connectivity index (χ1n) is 8.98. The lowest BCUT2D eigenvalue weighted by Gasteiger charge is -2.11. The third kappa shape index (κ3) is 6.58. The molecular formula is C19H27N5O2. The number of hydrogen-bond donors (Lipinski definition) is 2. The SMILES string of the molecule is CCNC(=NCc1ccc(C(=O)OCC)cc1)NCCCn1cccn1. The Morgan fingerprint density at radius 2 is 2.04 bits per heavy atom. The van der Waals surface area contributed by atoms with E-state index in [4.69, 9.17) is 4.74 Å². The zero-order chi connectivity index (χ0) is 18.6. The molecule has 0 saturated heterocycles. The van der Waals surface area contributed by atoms with E-state index in [9.17, 15) is 4.79 Å². The number of guanidine groups is 1. The molecule has 0 saturated carbocycles. The molecule has 1 aromatic carbocycles. The third-order valence-electron chi connectivity index (χ3n) is 3.64. The molecule has 0 aliphatic carbocycles. The van der Waals surface area contributed by atoms with Crippen molar-refractivity contribution in [2.24, 2.45) is 4.99 Å². The van der Waals surface area contributed by atoms with Crippen LogP contribution in [-0.4, -0.2) is 41.4 Å². The van der Waals surface area contributed by atoms with Crippen LogP contribution in [0.15, 0.2) is 47.7 Å². The van der Waals surface area contributed by atoms with Crippen molar-refractivity contribution in [1.82, 2.24) is 20.4 Å². The monoisotopic (exact) mass is 357 g/mol. The van der Waals surface area contributed by atoms with E-state index in [-0.39, 0.29) is 5.97 Å². The summed E-state index contributed by atoms with van der Waals surface area (Å²) in [5, 5.41) is 10.7. The largest absolute Gasteiger partial charge is 0.462 e. The van der Waals surface area contributed by atoms with Gasteiger partial charge in [-0.15, -0.1) is 0 Å². The van der Waals surface area contributed by atoms with E-state index in [1.165, 1.54) is 0 Å². The fourth-order valence-corrected chi connectivity index (χ4v) is 2.35. The van der Waals surface area contributed by atoms with Crippen molar-refractivity contribution in [3.63, 3.8) is 0 Å². The first-order chi connectivity index (χ1) is 12.7. The molecule has 7 heteroatoms. The van der Waals surface area contributed by atoms with Gasteiger partial charge in [0, 0.05) is 32.0 Å². The lowest BCUT2D eigenvalue weighted by atomic mass is 10.1. The number of hydrogen-bond acceptors (Lipinski definition) is 4. The van der Waals surface area contributed by atoms with Crippen LogP contribution in [0.1, 0.15) is 36.2 Å². The number of esters is 1. The summed E-state index contributed by atoms with van der Waals surface area (Å²) in [6.07, 6.45) is 4.70. The van der Waals surface area contributed by atoms with E-state index in [1.807, 2.05) is 36.0 Å². The van der Waals surface area contributed by atoms with Gasteiger partial charge in [0.2, 0.25) is 0 Å². The van der Waals surface area contributed by atoms with Crippen LogP contribution in [0.3, 0.4) is 0 Å². The minimum atomic E-state index is -0.297. The Morgan fingerprint density at radius 3 is 2.69 bits per heavy atom. The van der Waals surface area contributed by atoms with Gasteiger partial charge in [0.15, 0.2) is 5.96 Å². The summed E-state index contributed by atoms with van der Waals surface area (Å²) in [6.45, 7) is 7.23. The lowest BCUT2D eigenvalue weighted by molar-refractivity contribution is 0.0526. The van der Waals surface area contributed by atoms with E-state index in [1.54, 1.807) is 25.3 Å². The van der Waals surface area contributed by atoms with Crippen molar-refractivity contribution in [2.75, 3.05) is 19.7 Å². The summed E-state index contributed by atoms with van der Waals surface area (Å²) in [4.78, 5) is 16.2. The molecule has 1 aromatic heterocycles. The molecule has 2 N–H and O–H groups in total. The molecule has 26 heavy (non-hydrogen) atoms. The second-order valence-corrected chi connectivity index (χ2v) is 5.66. The zero-order valence-corrected chi connectivity index (χ0v) is 15.4. The van der Waals surface area contributed by atoms with E-state index in [2.05, 4.69) is 20.7 Å². The van der Waals surface area contributed by atoms with Crippen molar-refractivity contribution in [2.45, 2.75) is 33.4 Å². The smallest absolute Gasteiger partial charge is 0.338 e. The molecule has 1 heterocycles. The van der Waals surface area contributed by atoms with Crippen molar-refractivity contribution in [1.29, 1.82) is 0 Å². The van der Waals surface area contributed by atoms with Crippen LogP contribution in [0, 0.1) is 0 Å². The second kappa shape index (κ2) is 10.9. The van der Waals surface area contributed by atoms with Crippen LogP contribution in [0.25, 0.3) is 0 Å². The summed E-state index contributed by atoms with van der Waals surface area (Å²) >= 11 is 0. The van der Waals surface area contributed by atoms with Gasteiger partial charge in [-0.3, -0.25) is 4.68 Å². The number of ether oxygens (including phenoxy) is 1. The van der Waals surface area contributed by atoms with Crippen LogP contribution in [0.5, 0.6) is 0 Å². The van der Waals surface area contributed by atoms with Gasteiger partial charge in [-0.25, -0.2) is 9.79 Å². The highest BCUT2D eigenvalue weighted by Crippen LogP contribution is 2.07. The van der Waals surface area contributed by atoms with Crippen LogP contribution in [-0.2, 0) is 17.8 Å². The first-order valence-corrected chi connectivity index (χ1v) is 8.98. The highest BCUT2D eigenvalue weighted by molar-refractivity contribution is 5.89. The minimum Gasteiger partial charge on any atom is -0.462 e. The number of carbonyl (C=O) groups is 1. The molecule has 0 atom stereocenters. The quantitative estimate of drug-likeness (QED) is 0.311. The van der Waals surface area contributed by atoms with Gasteiger partial charge in [-0.1, -0.05) is 12.1 Å². The molecule has 2 aromatic rings. The number of benzene rings is 1. The van der Waals surface area contributed by atoms with Gasteiger partial charge in [-0.2, -0.15) is 5.10 Å². The van der Waals surface area contributed by atoms with Crippen molar-refractivity contribution in [3.8, 4) is 0 Å². The summed E-state index contributed by atoms with van der Waals surface area (Å²) in [6, 6.07) is 9.26. The Labute approximate surface area is 154 Å². The molecule has 0 radical (unpaired) electrons. The van der Waals surface area contributed by atoms with E-state index in [0.29, 0.717) is 18.7 Å². The summed E-state index contributed by atoms with van der Waals surface area (Å²) in [5.74, 6) is 0.483. The number of rotatable bonds is 9. The molecule has 7 nitrogen and oxygen atoms in total. The number of aryl methyl sites for hydroxylation is 1. The molecule has 0 amide bonds. The van der Waals surface area contributed by atoms with Crippen LogP contribution in [0.4, 0.5) is 0 Å². The lowest BCUT2D eigenvalue weighted by Crippen LogP contribution is -2.38. The van der Waals surface area contributed by atoms with E-state index < -0.39 is 0 Å². The molecule has 2 rings (SSSR count). The second-order valence-electron chi connectivity index (χ2n) is 5.66. The van der Waals surface area contributed by atoms with Gasteiger partial charge in [0.1, 0.15) is 0 Å². The Hall–Kier alpha value is -2.83. The van der Waals surface area contributed by atoms with Crippen molar-refractivity contribution in [3.05, 3.63) is 53.9 Å². The molecule has 0 fully saturated rings. The highest BCUT2D eigenvalue weighted by Gasteiger charge is 2.05. The average molecular weight is 357 g/mol. The number of carbonyl (C=O) groups excluding carboxylic acids is 1. The van der Waals surface area contributed by atoms with Gasteiger partial charge >= 0.3 is 5.97 Å². The van der Waals surface area contributed by atoms with E-state index in [0.717, 1.165) is 37.6 Å². The molecule has 0 bridgehead atoms. The fourth-order valence-electron chi connectivity index (χ4n) is 2.35. The Kier molecular flexibility index (Phi) is 8.18. The van der Waals surface area contributed by atoms with Gasteiger partial charge in [-0.05, 0) is 44.0 Å². The molecule has 140 valence electrons. The summed E-state index contributed by atoms with van der Waals surface area (Å²) < 4.78 is 6.90. The molecule has 0 aliphatic heterocycles. The minimum absolute atomic E-state index is 0.297. The maximum atomic E-state index is 11.7. The Morgan fingerprint density at radius 1 is 1.23 bits per heavy atom. The predicted octanol–water partition coefficient (Wildman–Crippen LogP) is 2.21. The third-order valence-corrected chi connectivity index (χ3v) is 3.64. The van der Waals surface area contributed by atoms with Crippen molar-refractivity contribution < 1.29 is 9.53 Å². The number of nitrogens with one attached hydrogen (secondary N) is 2. The van der Waals surface area contributed by atoms with Gasteiger partial charge < -0.3 is 15.4 Å². The summed E-state index contributed by atoms with van der Waals surface area (Å²) in [5.41, 5.74) is 1.59. The molecule has 0 spiro atoms. The standard InChI is InChI=1S/C19H27N5O2/c1-3-20-19(21-11-5-13-24-14-6-12-23-24)22-15-16-7-9-17(10-8-16)18(25)26-4-2/h6-10,12,14H,3-5,11,13,15H2,1-2H3,(H2,20,21,22). The first kappa shape index (κ1) is 19.5. The average Bonchev–Trinajstić information content (AvgIpc) is 3.17. The maximum Gasteiger partial charge on any atom is 0.338 e. The maximum absolute atomic E-state index is 11.7. The Balaban J connectivity index is 1.82. The molecular weight excluding hydrogens is 330 g/mol. The van der Waals surface area contributed by atoms with Gasteiger partial charge in [0.25, 0.3) is 0 Å². The summed E-state index contributed by atoms with van der Waals surface area (Å²) in [7, 11) is 0. The van der Waals surface area contributed by atoms with Crippen molar-refractivity contribution >= 4 is 11.9 Å². The Bertz CT molecular complexity index is 680. The number of aromatic nitrogens is 2. The molecule has 0 unspecified atom stereocenters. The zero-order valence-electron chi connectivity index (χ0n) is 15.4. The topological polar surface area (TPSA) is 80.5 Å². The fraction of sp³-hybridized carbons (Fsp3) is 0.421. The highest BCUT2D eigenvalue weighted by atomic mass is 16.5. The number of aliphatic imine (C=N–C) groups is 1. The van der Waals surface area contributed by atoms with Crippen LogP contribution >= 0.6 is 0 Å². The number of nitrogens with zero attached hydrogens (tertiary/aromatic N) is 3. The van der Waals surface area contributed by atoms with Gasteiger partial charge in [0.05, 0.1) is 18.7 Å². The predicted molar refractivity (Wildman–Crippen MR) is 102 cm³/mol. The van der Waals surface area contributed by atoms with Crippen LogP contribution in [0.2, 0.25) is 0 Å².